The number of nitrogens with two attached hydrogens (primary N) is 1. The van der Waals surface area contributed by atoms with Crippen LogP contribution in [0, 0.1) is 10.8 Å². The van der Waals surface area contributed by atoms with Crippen LogP contribution in [0.15, 0.2) is 5.16 Å². The minimum Gasteiger partial charge on any atom is -0.409 e. The lowest BCUT2D eigenvalue weighted by molar-refractivity contribution is 0.0241. The Hall–Kier alpha value is -0.810. The van der Waals surface area contributed by atoms with Gasteiger partial charge >= 0.3 is 0 Å². The van der Waals surface area contributed by atoms with Crippen LogP contribution in [0.4, 0.5) is 0 Å². The fraction of sp³-hybridized carbons (Fsp3) is 0.929. The molecule has 0 aromatic rings. The third-order valence-electron chi connectivity index (χ3n) is 4.21. The first-order valence-electron chi connectivity index (χ1n) is 7.16. The van der Waals surface area contributed by atoms with Crippen molar-refractivity contribution in [3.05, 3.63) is 0 Å². The van der Waals surface area contributed by atoms with Gasteiger partial charge in [0.2, 0.25) is 0 Å². The summed E-state index contributed by atoms with van der Waals surface area (Å²) in [6, 6.07) is 0. The Labute approximate surface area is 116 Å². The van der Waals surface area contributed by atoms with Crippen LogP contribution in [0.5, 0.6) is 0 Å². The van der Waals surface area contributed by atoms with E-state index in [9.17, 15) is 0 Å². The van der Waals surface area contributed by atoms with E-state index in [-0.39, 0.29) is 5.41 Å². The molecule has 0 radical (unpaired) electrons. The zero-order valence-corrected chi connectivity index (χ0v) is 12.5. The normalized spacial score (nSPS) is 20.5. The van der Waals surface area contributed by atoms with E-state index in [0.29, 0.717) is 11.3 Å². The number of amidine groups is 1. The molecule has 1 aliphatic rings. The van der Waals surface area contributed by atoms with Gasteiger partial charge in [0.15, 0.2) is 0 Å². The van der Waals surface area contributed by atoms with E-state index in [1.807, 2.05) is 13.8 Å². The molecule has 112 valence electrons. The Morgan fingerprint density at radius 2 is 2.05 bits per heavy atom. The molecule has 0 aliphatic carbocycles. The van der Waals surface area contributed by atoms with Gasteiger partial charge in [-0.2, -0.15) is 0 Å². The highest BCUT2D eigenvalue weighted by Gasteiger charge is 2.27. The van der Waals surface area contributed by atoms with Crippen LogP contribution in [-0.4, -0.2) is 37.3 Å². The number of oxime groups is 1. The number of hydrogen-bond acceptors (Lipinski definition) is 4. The average Bonchev–Trinajstić information content (AvgIpc) is 2.38. The Bertz CT molecular complexity index is 297. The predicted molar refractivity (Wildman–Crippen MR) is 77.5 cm³/mol. The summed E-state index contributed by atoms with van der Waals surface area (Å²) in [6.07, 6.45) is 4.21. The van der Waals surface area contributed by atoms with Gasteiger partial charge in [0.25, 0.3) is 0 Å². The molecular weight excluding hydrogens is 242 g/mol. The van der Waals surface area contributed by atoms with E-state index in [4.69, 9.17) is 15.7 Å². The molecule has 1 heterocycles. The Balaban J connectivity index is 2.17. The summed E-state index contributed by atoms with van der Waals surface area (Å²) in [5.74, 6) is 0.309. The Morgan fingerprint density at radius 1 is 1.42 bits per heavy atom. The van der Waals surface area contributed by atoms with Crippen LogP contribution >= 0.6 is 0 Å². The van der Waals surface area contributed by atoms with Crippen molar-refractivity contribution in [3.8, 4) is 0 Å². The minimum atomic E-state index is -0.237. The van der Waals surface area contributed by atoms with Gasteiger partial charge in [-0.05, 0) is 37.6 Å². The van der Waals surface area contributed by atoms with Gasteiger partial charge in [0, 0.05) is 25.2 Å². The molecule has 0 bridgehead atoms. The molecule has 0 spiro atoms. The summed E-state index contributed by atoms with van der Waals surface area (Å²) < 4.78 is 5.40. The average molecular weight is 271 g/mol. The largest absolute Gasteiger partial charge is 0.409 e. The molecule has 1 fully saturated rings. The molecule has 1 rings (SSSR count). The fourth-order valence-electron chi connectivity index (χ4n) is 2.35. The summed E-state index contributed by atoms with van der Waals surface area (Å²) in [5.41, 5.74) is 5.81. The molecular formula is C14H29N3O2. The molecule has 0 amide bonds. The molecule has 0 atom stereocenters. The van der Waals surface area contributed by atoms with Crippen molar-refractivity contribution in [2.24, 2.45) is 21.7 Å². The van der Waals surface area contributed by atoms with Crippen molar-refractivity contribution in [3.63, 3.8) is 0 Å². The second-order valence-electron chi connectivity index (χ2n) is 6.57. The minimum absolute atomic E-state index is 0.237. The van der Waals surface area contributed by atoms with E-state index in [2.05, 4.69) is 17.4 Å². The van der Waals surface area contributed by atoms with Crippen LogP contribution in [0.2, 0.25) is 0 Å². The van der Waals surface area contributed by atoms with Crippen molar-refractivity contribution < 1.29 is 9.94 Å². The monoisotopic (exact) mass is 271 g/mol. The molecule has 5 heteroatoms. The number of hydrogen-bond donors (Lipinski definition) is 3. The summed E-state index contributed by atoms with van der Waals surface area (Å²) >= 11 is 0. The second-order valence-corrected chi connectivity index (χ2v) is 6.57. The maximum atomic E-state index is 8.71. The molecule has 0 aromatic heterocycles. The van der Waals surface area contributed by atoms with Gasteiger partial charge in [0.05, 0.1) is 0 Å². The molecule has 5 nitrogen and oxygen atoms in total. The third kappa shape index (κ3) is 5.37. The highest BCUT2D eigenvalue weighted by Crippen LogP contribution is 2.28. The fourth-order valence-corrected chi connectivity index (χ4v) is 2.35. The van der Waals surface area contributed by atoms with Crippen molar-refractivity contribution in [2.45, 2.75) is 46.5 Å². The lowest BCUT2D eigenvalue weighted by Gasteiger charge is -2.33. The van der Waals surface area contributed by atoms with E-state index < -0.39 is 0 Å². The molecule has 1 saturated heterocycles. The van der Waals surface area contributed by atoms with E-state index in [0.717, 1.165) is 52.0 Å². The van der Waals surface area contributed by atoms with Gasteiger partial charge in [-0.3, -0.25) is 0 Å². The lowest BCUT2D eigenvalue weighted by atomic mass is 9.82. The quantitative estimate of drug-likeness (QED) is 0.217. The van der Waals surface area contributed by atoms with Crippen LogP contribution in [0.25, 0.3) is 0 Å². The van der Waals surface area contributed by atoms with Gasteiger partial charge in [-0.1, -0.05) is 25.9 Å². The highest BCUT2D eigenvalue weighted by atomic mass is 16.5. The standard InChI is InChI=1S/C14H29N3O2/c1-13(2,12(15)17-18)5-4-8-16-11-14(3)6-9-19-10-7-14/h16,18H,4-11H2,1-3H3,(H2,15,17). The van der Waals surface area contributed by atoms with E-state index in [1.165, 1.54) is 0 Å². The predicted octanol–water partition coefficient (Wildman–Crippen LogP) is 1.95. The highest BCUT2D eigenvalue weighted by molar-refractivity contribution is 5.85. The van der Waals surface area contributed by atoms with E-state index >= 15 is 0 Å². The summed E-state index contributed by atoms with van der Waals surface area (Å²) in [5, 5.41) is 15.3. The maximum absolute atomic E-state index is 8.71. The van der Waals surface area contributed by atoms with Crippen LogP contribution in [-0.2, 0) is 4.74 Å². The first kappa shape index (κ1) is 16.2. The van der Waals surface area contributed by atoms with Crippen molar-refractivity contribution in [1.29, 1.82) is 0 Å². The van der Waals surface area contributed by atoms with Crippen molar-refractivity contribution in [2.75, 3.05) is 26.3 Å². The maximum Gasteiger partial charge on any atom is 0.144 e. The summed E-state index contributed by atoms with van der Waals surface area (Å²) in [7, 11) is 0. The number of nitrogens with zero attached hydrogens (tertiary/aromatic N) is 1. The zero-order valence-electron chi connectivity index (χ0n) is 12.5. The Morgan fingerprint density at radius 3 is 2.63 bits per heavy atom. The van der Waals surface area contributed by atoms with Crippen LogP contribution in [0.1, 0.15) is 46.5 Å². The first-order chi connectivity index (χ1) is 8.90. The molecule has 19 heavy (non-hydrogen) atoms. The topological polar surface area (TPSA) is 79.9 Å². The SMILES string of the molecule is CC1(CNCCCC(C)(C)C(N)=NO)CCOCC1. The Kier molecular flexibility index (Phi) is 6.07. The number of ether oxygens (including phenoxy) is 1. The van der Waals surface area contributed by atoms with Crippen molar-refractivity contribution >= 4 is 5.84 Å². The smallest absolute Gasteiger partial charge is 0.144 e. The number of rotatable bonds is 7. The molecule has 0 saturated carbocycles. The van der Waals surface area contributed by atoms with Gasteiger partial charge in [-0.15, -0.1) is 0 Å². The van der Waals surface area contributed by atoms with Gasteiger partial charge < -0.3 is 21.0 Å². The van der Waals surface area contributed by atoms with Crippen molar-refractivity contribution in [1.82, 2.24) is 5.32 Å². The van der Waals surface area contributed by atoms with Gasteiger partial charge in [0.1, 0.15) is 5.84 Å². The van der Waals surface area contributed by atoms with Gasteiger partial charge in [-0.25, -0.2) is 0 Å². The van der Waals surface area contributed by atoms with E-state index in [1.54, 1.807) is 0 Å². The lowest BCUT2D eigenvalue weighted by Crippen LogP contribution is -2.37. The van der Waals surface area contributed by atoms with Crippen LogP contribution in [0.3, 0.4) is 0 Å². The zero-order chi connectivity index (χ0) is 14.4. The molecule has 1 aliphatic heterocycles. The summed E-state index contributed by atoms with van der Waals surface area (Å²) in [6.45, 7) is 10.1. The first-order valence-corrected chi connectivity index (χ1v) is 7.16. The molecule has 0 aromatic carbocycles. The molecule has 4 N–H and O–H groups in total. The molecule has 0 unspecified atom stereocenters. The number of nitrogens with one attached hydrogen (secondary N) is 1. The van der Waals surface area contributed by atoms with Crippen LogP contribution < -0.4 is 11.1 Å². The third-order valence-corrected chi connectivity index (χ3v) is 4.21. The summed E-state index contributed by atoms with van der Waals surface area (Å²) in [4.78, 5) is 0. The second kappa shape index (κ2) is 7.10.